The third-order valence-corrected chi connectivity index (χ3v) is 4.39. The van der Waals surface area contributed by atoms with Gasteiger partial charge >= 0.3 is 0 Å². The van der Waals surface area contributed by atoms with Gasteiger partial charge in [-0.2, -0.15) is 0 Å². The molecule has 110 valence electrons. The Hall–Kier alpha value is -0.650. The highest BCUT2D eigenvalue weighted by molar-refractivity contribution is 5.85. The second-order valence-corrected chi connectivity index (χ2v) is 5.55. The molecule has 2 fully saturated rings. The van der Waals surface area contributed by atoms with Crippen molar-refractivity contribution in [1.82, 2.24) is 10.6 Å². The van der Waals surface area contributed by atoms with Crippen molar-refractivity contribution in [2.45, 2.75) is 37.7 Å². The van der Waals surface area contributed by atoms with Crippen LogP contribution >= 0.6 is 0 Å². The van der Waals surface area contributed by atoms with Crippen LogP contribution in [-0.4, -0.2) is 51.5 Å². The van der Waals surface area contributed by atoms with Gasteiger partial charge in [0.25, 0.3) is 5.91 Å². The summed E-state index contributed by atoms with van der Waals surface area (Å²) in [4.78, 5) is 12.3. The Labute approximate surface area is 115 Å². The Morgan fingerprint density at radius 2 is 2.05 bits per heavy atom. The van der Waals surface area contributed by atoms with Crippen molar-refractivity contribution in [3.63, 3.8) is 0 Å². The molecule has 5 heteroatoms. The Balaban J connectivity index is 1.73. The third kappa shape index (κ3) is 3.91. The van der Waals surface area contributed by atoms with Gasteiger partial charge in [-0.25, -0.2) is 0 Å². The highest BCUT2D eigenvalue weighted by atomic mass is 16.5. The fraction of sp³-hybridized carbons (Fsp3) is 0.929. The molecule has 0 aromatic carbocycles. The van der Waals surface area contributed by atoms with Crippen LogP contribution in [0, 0.1) is 5.92 Å². The van der Waals surface area contributed by atoms with Crippen molar-refractivity contribution in [3.8, 4) is 0 Å². The number of rotatable bonds is 5. The molecule has 2 aliphatic heterocycles. The number of hydrogen-bond donors (Lipinski definition) is 2. The van der Waals surface area contributed by atoms with Gasteiger partial charge in [0.05, 0.1) is 0 Å². The van der Waals surface area contributed by atoms with E-state index in [0.717, 1.165) is 65.0 Å². The fourth-order valence-electron chi connectivity index (χ4n) is 2.94. The highest BCUT2D eigenvalue weighted by Gasteiger charge is 2.39. The number of amides is 1. The van der Waals surface area contributed by atoms with E-state index >= 15 is 0 Å². The van der Waals surface area contributed by atoms with Gasteiger partial charge in [0, 0.05) is 26.9 Å². The van der Waals surface area contributed by atoms with Crippen LogP contribution in [0.3, 0.4) is 0 Å². The second-order valence-electron chi connectivity index (χ2n) is 5.55. The molecule has 0 radical (unpaired) electrons. The minimum Gasteiger partial charge on any atom is -0.381 e. The molecule has 0 atom stereocenters. The molecule has 1 amide bonds. The van der Waals surface area contributed by atoms with Gasteiger partial charge in [0.2, 0.25) is 0 Å². The molecular weight excluding hydrogens is 244 g/mol. The fourth-order valence-corrected chi connectivity index (χ4v) is 2.94. The molecule has 0 aromatic heterocycles. The van der Waals surface area contributed by atoms with Crippen molar-refractivity contribution >= 4 is 5.91 Å². The summed E-state index contributed by atoms with van der Waals surface area (Å²) in [5.74, 6) is 0.754. The van der Waals surface area contributed by atoms with Gasteiger partial charge in [0.1, 0.15) is 5.60 Å². The molecule has 0 saturated carbocycles. The molecule has 0 spiro atoms. The van der Waals surface area contributed by atoms with Gasteiger partial charge in [-0.3, -0.25) is 4.79 Å². The molecule has 2 N–H and O–H groups in total. The summed E-state index contributed by atoms with van der Waals surface area (Å²) in [5, 5.41) is 6.32. The summed E-state index contributed by atoms with van der Waals surface area (Å²) in [5.41, 5.74) is -0.610. The first-order chi connectivity index (χ1) is 9.27. The van der Waals surface area contributed by atoms with Gasteiger partial charge in [-0.05, 0) is 51.1 Å². The maximum Gasteiger partial charge on any atom is 0.252 e. The van der Waals surface area contributed by atoms with Gasteiger partial charge in [-0.15, -0.1) is 0 Å². The van der Waals surface area contributed by atoms with Crippen molar-refractivity contribution in [2.75, 3.05) is 40.0 Å². The highest BCUT2D eigenvalue weighted by Crippen LogP contribution is 2.23. The van der Waals surface area contributed by atoms with Crippen LogP contribution in [0.25, 0.3) is 0 Å². The van der Waals surface area contributed by atoms with Crippen LogP contribution < -0.4 is 10.6 Å². The lowest BCUT2D eigenvalue weighted by atomic mass is 9.90. The zero-order valence-corrected chi connectivity index (χ0v) is 11.9. The minimum atomic E-state index is -0.610. The van der Waals surface area contributed by atoms with Crippen LogP contribution in [0.4, 0.5) is 0 Å². The second kappa shape index (κ2) is 7.22. The Morgan fingerprint density at radius 1 is 1.37 bits per heavy atom. The quantitative estimate of drug-likeness (QED) is 0.771. The zero-order valence-electron chi connectivity index (χ0n) is 11.9. The topological polar surface area (TPSA) is 59.6 Å². The lowest BCUT2D eigenvalue weighted by Crippen LogP contribution is -2.54. The van der Waals surface area contributed by atoms with Crippen molar-refractivity contribution < 1.29 is 14.3 Å². The molecule has 2 heterocycles. The van der Waals surface area contributed by atoms with E-state index in [1.54, 1.807) is 7.11 Å². The SMILES string of the molecule is COC1(C(=O)NCCC2CCOCC2)CCNCC1. The maximum absolute atomic E-state index is 12.3. The van der Waals surface area contributed by atoms with Crippen LogP contribution in [0.15, 0.2) is 0 Å². The summed E-state index contributed by atoms with van der Waals surface area (Å²) >= 11 is 0. The van der Waals surface area contributed by atoms with Gasteiger partial charge in [0.15, 0.2) is 0 Å². The van der Waals surface area contributed by atoms with Crippen molar-refractivity contribution in [1.29, 1.82) is 0 Å². The molecule has 0 bridgehead atoms. The summed E-state index contributed by atoms with van der Waals surface area (Å²) in [6.07, 6.45) is 4.80. The Kier molecular flexibility index (Phi) is 5.60. The van der Waals surface area contributed by atoms with Crippen LogP contribution in [0.2, 0.25) is 0 Å². The molecular formula is C14H26N2O3. The maximum atomic E-state index is 12.3. The molecule has 5 nitrogen and oxygen atoms in total. The van der Waals surface area contributed by atoms with E-state index in [1.165, 1.54) is 0 Å². The van der Waals surface area contributed by atoms with E-state index in [-0.39, 0.29) is 5.91 Å². The monoisotopic (exact) mass is 270 g/mol. The lowest BCUT2D eigenvalue weighted by Gasteiger charge is -2.35. The zero-order chi connectivity index (χ0) is 13.6. The Morgan fingerprint density at radius 3 is 2.68 bits per heavy atom. The normalized spacial score (nSPS) is 24.1. The van der Waals surface area contributed by atoms with E-state index in [9.17, 15) is 4.79 Å². The van der Waals surface area contributed by atoms with E-state index in [1.807, 2.05) is 0 Å². The summed E-state index contributed by atoms with van der Waals surface area (Å²) in [6.45, 7) is 4.18. The van der Waals surface area contributed by atoms with E-state index < -0.39 is 5.60 Å². The van der Waals surface area contributed by atoms with Crippen LogP contribution in [-0.2, 0) is 14.3 Å². The van der Waals surface area contributed by atoms with E-state index in [0.29, 0.717) is 5.92 Å². The molecule has 2 rings (SSSR count). The lowest BCUT2D eigenvalue weighted by molar-refractivity contribution is -0.146. The van der Waals surface area contributed by atoms with Gasteiger partial charge < -0.3 is 20.1 Å². The van der Waals surface area contributed by atoms with Crippen molar-refractivity contribution in [2.24, 2.45) is 5.92 Å². The summed E-state index contributed by atoms with van der Waals surface area (Å²) in [6, 6.07) is 0. The van der Waals surface area contributed by atoms with E-state index in [2.05, 4.69) is 10.6 Å². The van der Waals surface area contributed by atoms with Crippen molar-refractivity contribution in [3.05, 3.63) is 0 Å². The Bertz CT molecular complexity index is 284. The first kappa shape index (κ1) is 14.8. The standard InChI is InChI=1S/C14H26N2O3/c1-18-14(5-8-15-9-6-14)13(17)16-7-2-12-3-10-19-11-4-12/h12,15H,2-11H2,1H3,(H,16,17). The molecule has 0 unspecified atom stereocenters. The van der Waals surface area contributed by atoms with E-state index in [4.69, 9.17) is 9.47 Å². The molecule has 2 saturated heterocycles. The van der Waals surface area contributed by atoms with Crippen LogP contribution in [0.5, 0.6) is 0 Å². The average Bonchev–Trinajstić information content (AvgIpc) is 2.49. The smallest absolute Gasteiger partial charge is 0.252 e. The largest absolute Gasteiger partial charge is 0.381 e. The predicted molar refractivity (Wildman–Crippen MR) is 73.0 cm³/mol. The number of methoxy groups -OCH3 is 1. The number of carbonyl (C=O) groups is 1. The molecule has 0 aromatic rings. The summed E-state index contributed by atoms with van der Waals surface area (Å²) in [7, 11) is 1.64. The predicted octanol–water partition coefficient (Wildman–Crippen LogP) is 0.688. The number of piperidine rings is 1. The first-order valence-corrected chi connectivity index (χ1v) is 7.39. The number of ether oxygens (including phenoxy) is 2. The number of nitrogens with one attached hydrogen (secondary N) is 2. The minimum absolute atomic E-state index is 0.0589. The molecule has 19 heavy (non-hydrogen) atoms. The molecule has 0 aliphatic carbocycles. The van der Waals surface area contributed by atoms with Gasteiger partial charge in [-0.1, -0.05) is 0 Å². The number of carbonyl (C=O) groups excluding carboxylic acids is 1. The molecule has 2 aliphatic rings. The van der Waals surface area contributed by atoms with Crippen LogP contribution in [0.1, 0.15) is 32.1 Å². The average molecular weight is 270 g/mol. The number of hydrogen-bond acceptors (Lipinski definition) is 4. The summed E-state index contributed by atoms with van der Waals surface area (Å²) < 4.78 is 10.9. The first-order valence-electron chi connectivity index (χ1n) is 7.39. The third-order valence-electron chi connectivity index (χ3n) is 4.39.